The lowest BCUT2D eigenvalue weighted by Crippen LogP contribution is -2.44. The molecule has 4 nitrogen and oxygen atoms in total. The second-order valence-electron chi connectivity index (χ2n) is 7.06. The Balaban J connectivity index is 1.96. The summed E-state index contributed by atoms with van der Waals surface area (Å²) >= 11 is 0. The van der Waals surface area contributed by atoms with Gasteiger partial charge in [0.2, 0.25) is 0 Å². The molecule has 2 N–H and O–H groups in total. The van der Waals surface area contributed by atoms with E-state index in [0.29, 0.717) is 18.5 Å². The van der Waals surface area contributed by atoms with Gasteiger partial charge in [0.1, 0.15) is 9.84 Å². The molecule has 0 spiro atoms. The Morgan fingerprint density at radius 1 is 1.23 bits per heavy atom. The first-order valence-corrected chi connectivity index (χ1v) is 10.8. The zero-order valence-electron chi connectivity index (χ0n) is 13.8. The van der Waals surface area contributed by atoms with Crippen LogP contribution in [-0.2, 0) is 9.84 Å². The molecular formula is C17H31NO3S. The van der Waals surface area contributed by atoms with Crippen LogP contribution in [0.2, 0.25) is 0 Å². The summed E-state index contributed by atoms with van der Waals surface area (Å²) < 4.78 is 22.6. The summed E-state index contributed by atoms with van der Waals surface area (Å²) in [6, 6.07) is 0.329. The molecule has 0 radical (unpaired) electrons. The van der Waals surface area contributed by atoms with Gasteiger partial charge in [-0.3, -0.25) is 0 Å². The first-order chi connectivity index (χ1) is 10.5. The number of allylic oxidation sites excluding steroid dienone is 1. The van der Waals surface area contributed by atoms with Gasteiger partial charge >= 0.3 is 0 Å². The summed E-state index contributed by atoms with van der Waals surface area (Å²) in [6.45, 7) is 0.367. The molecule has 0 saturated heterocycles. The van der Waals surface area contributed by atoms with Gasteiger partial charge in [-0.15, -0.1) is 0 Å². The number of sulfone groups is 1. The molecule has 0 aromatic carbocycles. The molecule has 0 aliphatic heterocycles. The van der Waals surface area contributed by atoms with E-state index < -0.39 is 15.9 Å². The summed E-state index contributed by atoms with van der Waals surface area (Å²) in [5.41, 5.74) is 1.49. The molecule has 2 atom stereocenters. The molecule has 2 unspecified atom stereocenters. The Bertz CT molecular complexity index is 466. The Hall–Kier alpha value is -0.390. The SMILES string of the molecule is CS(=O)(=O)CC(O)CNC(C1=CCCCC1)C1CCCCC1. The van der Waals surface area contributed by atoms with Crippen molar-refractivity contribution in [2.24, 2.45) is 5.92 Å². The van der Waals surface area contributed by atoms with Crippen LogP contribution in [0, 0.1) is 5.92 Å². The van der Waals surface area contributed by atoms with Crippen LogP contribution in [0.15, 0.2) is 11.6 Å². The highest BCUT2D eigenvalue weighted by atomic mass is 32.2. The topological polar surface area (TPSA) is 66.4 Å². The van der Waals surface area contributed by atoms with Crippen LogP contribution in [0.5, 0.6) is 0 Å². The second kappa shape index (κ2) is 8.46. The molecule has 1 fully saturated rings. The van der Waals surface area contributed by atoms with Gasteiger partial charge in [-0.05, 0) is 44.4 Å². The molecule has 5 heteroatoms. The smallest absolute Gasteiger partial charge is 0.150 e. The van der Waals surface area contributed by atoms with Gasteiger partial charge < -0.3 is 10.4 Å². The minimum absolute atomic E-state index is 0.156. The van der Waals surface area contributed by atoms with E-state index in [9.17, 15) is 13.5 Å². The average molecular weight is 330 g/mol. The van der Waals surface area contributed by atoms with Crippen LogP contribution in [0.25, 0.3) is 0 Å². The summed E-state index contributed by atoms with van der Waals surface area (Å²) in [4.78, 5) is 0. The van der Waals surface area contributed by atoms with Crippen LogP contribution in [0.1, 0.15) is 57.8 Å². The standard InChI is InChI=1S/C17H31NO3S/c1-22(20,21)13-16(19)12-18-17(14-8-4-2-5-9-14)15-10-6-3-7-11-15/h8,15-19H,2-7,9-13H2,1H3. The lowest BCUT2D eigenvalue weighted by Gasteiger charge is -2.34. The normalized spacial score (nSPS) is 23.8. The van der Waals surface area contributed by atoms with Gasteiger partial charge in [-0.1, -0.05) is 30.9 Å². The highest BCUT2D eigenvalue weighted by Gasteiger charge is 2.27. The fourth-order valence-corrected chi connectivity index (χ4v) is 4.70. The monoisotopic (exact) mass is 329 g/mol. The summed E-state index contributed by atoms with van der Waals surface area (Å²) in [6.07, 6.45) is 14.0. The molecule has 2 aliphatic rings. The van der Waals surface area contributed by atoms with E-state index in [1.807, 2.05) is 0 Å². The van der Waals surface area contributed by atoms with Gasteiger partial charge in [0.05, 0.1) is 11.9 Å². The van der Waals surface area contributed by atoms with Crippen LogP contribution in [0.3, 0.4) is 0 Å². The van der Waals surface area contributed by atoms with E-state index in [-0.39, 0.29) is 5.75 Å². The van der Waals surface area contributed by atoms with E-state index in [0.717, 1.165) is 12.8 Å². The predicted octanol–water partition coefficient (Wildman–Crippen LogP) is 2.43. The molecule has 22 heavy (non-hydrogen) atoms. The molecule has 0 heterocycles. The number of hydrogen-bond acceptors (Lipinski definition) is 4. The predicted molar refractivity (Wildman–Crippen MR) is 90.6 cm³/mol. The third kappa shape index (κ3) is 6.01. The number of hydrogen-bond donors (Lipinski definition) is 2. The van der Waals surface area contributed by atoms with Gasteiger partial charge in [0, 0.05) is 18.8 Å². The van der Waals surface area contributed by atoms with E-state index in [1.54, 1.807) is 0 Å². The van der Waals surface area contributed by atoms with E-state index >= 15 is 0 Å². The van der Waals surface area contributed by atoms with Crippen LogP contribution >= 0.6 is 0 Å². The third-order valence-electron chi connectivity index (χ3n) is 4.92. The number of nitrogens with one attached hydrogen (secondary N) is 1. The summed E-state index contributed by atoms with van der Waals surface area (Å²) in [7, 11) is -3.13. The zero-order valence-corrected chi connectivity index (χ0v) is 14.6. The van der Waals surface area contributed by atoms with Crippen LogP contribution in [-0.4, -0.2) is 44.2 Å². The maximum Gasteiger partial charge on any atom is 0.150 e. The lowest BCUT2D eigenvalue weighted by atomic mass is 9.78. The Morgan fingerprint density at radius 3 is 2.55 bits per heavy atom. The minimum Gasteiger partial charge on any atom is -0.391 e. The van der Waals surface area contributed by atoms with Crippen molar-refractivity contribution in [3.8, 4) is 0 Å². The maximum atomic E-state index is 11.3. The average Bonchev–Trinajstić information content (AvgIpc) is 2.48. The number of aliphatic hydroxyl groups excluding tert-OH is 1. The third-order valence-corrected chi connectivity index (χ3v) is 5.91. The van der Waals surface area contributed by atoms with Crippen molar-refractivity contribution in [3.63, 3.8) is 0 Å². The van der Waals surface area contributed by atoms with Crippen molar-refractivity contribution in [1.29, 1.82) is 0 Å². The Morgan fingerprint density at radius 2 is 1.95 bits per heavy atom. The highest BCUT2D eigenvalue weighted by Crippen LogP contribution is 2.32. The summed E-state index contributed by atoms with van der Waals surface area (Å²) in [5, 5.41) is 13.5. The quantitative estimate of drug-likeness (QED) is 0.704. The highest BCUT2D eigenvalue weighted by molar-refractivity contribution is 7.90. The molecule has 0 aromatic heterocycles. The molecule has 1 saturated carbocycles. The van der Waals surface area contributed by atoms with Crippen molar-refractivity contribution < 1.29 is 13.5 Å². The fraction of sp³-hybridized carbons (Fsp3) is 0.882. The van der Waals surface area contributed by atoms with Crippen molar-refractivity contribution in [1.82, 2.24) is 5.32 Å². The van der Waals surface area contributed by atoms with Crippen molar-refractivity contribution in [2.45, 2.75) is 69.9 Å². The number of aliphatic hydroxyl groups is 1. The van der Waals surface area contributed by atoms with Gasteiger partial charge in [0.25, 0.3) is 0 Å². The van der Waals surface area contributed by atoms with E-state index in [1.165, 1.54) is 56.8 Å². The largest absolute Gasteiger partial charge is 0.391 e. The molecule has 0 aromatic rings. The molecule has 2 rings (SSSR count). The van der Waals surface area contributed by atoms with Gasteiger partial charge in [-0.2, -0.15) is 0 Å². The van der Waals surface area contributed by atoms with Crippen molar-refractivity contribution >= 4 is 9.84 Å². The van der Waals surface area contributed by atoms with Gasteiger partial charge in [0.15, 0.2) is 0 Å². The van der Waals surface area contributed by atoms with Crippen LogP contribution < -0.4 is 5.32 Å². The lowest BCUT2D eigenvalue weighted by molar-refractivity contribution is 0.179. The molecule has 2 aliphatic carbocycles. The minimum atomic E-state index is -3.13. The van der Waals surface area contributed by atoms with Crippen LogP contribution in [0.4, 0.5) is 0 Å². The Kier molecular flexibility index (Phi) is 6.90. The van der Waals surface area contributed by atoms with E-state index in [4.69, 9.17) is 0 Å². The Labute approximate surface area is 135 Å². The van der Waals surface area contributed by atoms with E-state index in [2.05, 4.69) is 11.4 Å². The maximum absolute atomic E-state index is 11.3. The van der Waals surface area contributed by atoms with Crippen molar-refractivity contribution in [2.75, 3.05) is 18.6 Å². The molecule has 0 bridgehead atoms. The molecule has 0 amide bonds. The van der Waals surface area contributed by atoms with Gasteiger partial charge in [-0.25, -0.2) is 8.42 Å². The first kappa shape index (κ1) is 18.0. The first-order valence-electron chi connectivity index (χ1n) is 8.74. The van der Waals surface area contributed by atoms with Crippen molar-refractivity contribution in [3.05, 3.63) is 11.6 Å². The second-order valence-corrected chi connectivity index (χ2v) is 9.24. The zero-order chi connectivity index (χ0) is 16.0. The molecular weight excluding hydrogens is 298 g/mol. The number of rotatable bonds is 7. The fourth-order valence-electron chi connectivity index (χ4n) is 3.88. The molecule has 128 valence electrons. The summed E-state index contributed by atoms with van der Waals surface area (Å²) in [5.74, 6) is 0.486.